The average Bonchev–Trinajstić information content (AvgIpc) is 3.41. The molecular weight excluding hydrogens is 580 g/mol. The maximum atomic E-state index is 5.63. The fourth-order valence-corrected chi connectivity index (χ4v) is 6.73. The van der Waals surface area contributed by atoms with E-state index in [1.54, 1.807) is 0 Å². The number of benzene rings is 4. The summed E-state index contributed by atoms with van der Waals surface area (Å²) in [4.78, 5) is 10.2. The maximum absolute atomic E-state index is 5.63. The zero-order valence-electron chi connectivity index (χ0n) is 28.5. The molecule has 242 valence electrons. The number of fused-ring (bicyclic) bond motifs is 4. The number of nitrogens with zero attached hydrogens (tertiary/aromatic N) is 4. The molecule has 1 aliphatic rings. The van der Waals surface area contributed by atoms with Crippen LogP contribution in [0, 0.1) is 0 Å². The van der Waals surface area contributed by atoms with Gasteiger partial charge in [-0.1, -0.05) is 67.4 Å². The molecule has 4 aromatic carbocycles. The number of aryl methyl sites for hydroxylation is 1. The van der Waals surface area contributed by atoms with Gasteiger partial charge in [0.1, 0.15) is 5.76 Å². The van der Waals surface area contributed by atoms with Crippen molar-refractivity contribution in [2.45, 2.75) is 46.7 Å². The summed E-state index contributed by atoms with van der Waals surface area (Å²) in [5.41, 5.74) is 9.85. The van der Waals surface area contributed by atoms with E-state index in [1.165, 1.54) is 38.3 Å². The Bertz CT molecular complexity index is 2030. The number of hydrogen-bond acceptors (Lipinski definition) is 5. The largest absolute Gasteiger partial charge is 0.378 e. The van der Waals surface area contributed by atoms with Crippen LogP contribution >= 0.6 is 0 Å². The van der Waals surface area contributed by atoms with Gasteiger partial charge in [-0.3, -0.25) is 0 Å². The van der Waals surface area contributed by atoms with Crippen LogP contribution in [0.15, 0.2) is 109 Å². The van der Waals surface area contributed by atoms with Gasteiger partial charge >= 0.3 is 0 Å². The summed E-state index contributed by atoms with van der Waals surface area (Å²) in [6, 6.07) is 26.7. The molecule has 1 aromatic heterocycles. The van der Waals surface area contributed by atoms with Crippen LogP contribution in [-0.2, 0) is 16.1 Å². The van der Waals surface area contributed by atoms with Crippen LogP contribution in [0.1, 0.15) is 50.8 Å². The van der Waals surface area contributed by atoms with Crippen molar-refractivity contribution in [1.82, 2.24) is 9.47 Å². The SMILES string of the molecule is C=C(C)O/N=C(\CC(C)N(C)C(=C)C)c1ccc2c(c1)c1cc(C(=C)c3ccc(N4CCOCC4)c4ccccc34)ccc1n2CC. The Labute approximate surface area is 278 Å². The van der Waals surface area contributed by atoms with Crippen molar-refractivity contribution in [1.29, 1.82) is 0 Å². The Morgan fingerprint density at radius 1 is 0.872 bits per heavy atom. The predicted molar refractivity (Wildman–Crippen MR) is 199 cm³/mol. The summed E-state index contributed by atoms with van der Waals surface area (Å²) >= 11 is 0. The van der Waals surface area contributed by atoms with E-state index >= 15 is 0 Å². The van der Waals surface area contributed by atoms with Crippen molar-refractivity contribution >= 4 is 49.6 Å². The maximum Gasteiger partial charge on any atom is 0.124 e. The zero-order chi connectivity index (χ0) is 33.2. The standard InChI is InChI=1S/C41H46N4O2/c1-9-45-40-17-14-31(30(7)33-16-19-39(44-20-22-46-23-21-44)35-13-11-10-12-34(33)35)25-36(40)37-26-32(15-18-41(37)45)38(42-47-28(4)5)24-29(6)43(8)27(2)3/h10-19,25-26,29H,2,4,7,9,20-24H2,1,3,5-6,8H3/b42-38+. The highest BCUT2D eigenvalue weighted by molar-refractivity contribution is 6.13. The van der Waals surface area contributed by atoms with E-state index in [1.807, 2.05) is 13.8 Å². The number of oxime groups is 1. The highest BCUT2D eigenvalue weighted by atomic mass is 16.6. The third-order valence-electron chi connectivity index (χ3n) is 9.50. The van der Waals surface area contributed by atoms with Crippen LogP contribution < -0.4 is 4.90 Å². The monoisotopic (exact) mass is 626 g/mol. The Morgan fingerprint density at radius 2 is 1.51 bits per heavy atom. The van der Waals surface area contributed by atoms with Crippen LogP contribution in [0.4, 0.5) is 5.69 Å². The van der Waals surface area contributed by atoms with Crippen LogP contribution in [0.2, 0.25) is 0 Å². The van der Waals surface area contributed by atoms with Crippen LogP contribution in [0.3, 0.4) is 0 Å². The van der Waals surface area contributed by atoms with E-state index < -0.39 is 0 Å². The average molecular weight is 627 g/mol. The Hall–Kier alpha value is -4.81. The lowest BCUT2D eigenvalue weighted by atomic mass is 9.92. The summed E-state index contributed by atoms with van der Waals surface area (Å²) in [5, 5.41) is 9.42. The molecule has 0 bridgehead atoms. The molecule has 0 spiro atoms. The van der Waals surface area contributed by atoms with Gasteiger partial charge in [0.05, 0.1) is 18.9 Å². The molecule has 2 heterocycles. The van der Waals surface area contributed by atoms with Crippen molar-refractivity contribution in [3.8, 4) is 0 Å². The van der Waals surface area contributed by atoms with E-state index in [-0.39, 0.29) is 6.04 Å². The quantitative estimate of drug-likeness (QED) is 0.0832. The highest BCUT2D eigenvalue weighted by Gasteiger charge is 2.20. The minimum absolute atomic E-state index is 0.187. The zero-order valence-corrected chi connectivity index (χ0v) is 28.5. The summed E-state index contributed by atoms with van der Waals surface area (Å²) in [5.74, 6) is 0.556. The first kappa shape index (κ1) is 32.1. The molecule has 1 fully saturated rings. The van der Waals surface area contributed by atoms with E-state index in [2.05, 4.69) is 133 Å². The van der Waals surface area contributed by atoms with Crippen molar-refractivity contribution in [2.24, 2.45) is 5.16 Å². The van der Waals surface area contributed by atoms with Gasteiger partial charge in [-0.15, -0.1) is 0 Å². The van der Waals surface area contributed by atoms with Gasteiger partial charge in [-0.05, 0) is 80.1 Å². The summed E-state index contributed by atoms with van der Waals surface area (Å²) < 4.78 is 8.01. The lowest BCUT2D eigenvalue weighted by Crippen LogP contribution is -2.36. The molecule has 1 saturated heterocycles. The molecule has 1 atom stereocenters. The third-order valence-corrected chi connectivity index (χ3v) is 9.50. The molecule has 5 aromatic rings. The second kappa shape index (κ2) is 13.5. The minimum atomic E-state index is 0.187. The van der Waals surface area contributed by atoms with Crippen molar-refractivity contribution in [3.05, 3.63) is 121 Å². The molecule has 0 saturated carbocycles. The molecular formula is C41H46N4O2. The topological polar surface area (TPSA) is 42.2 Å². The smallest absolute Gasteiger partial charge is 0.124 e. The van der Waals surface area contributed by atoms with Gasteiger partial charge in [-0.25, -0.2) is 0 Å². The fourth-order valence-electron chi connectivity index (χ4n) is 6.73. The number of hydrogen-bond donors (Lipinski definition) is 0. The van der Waals surface area contributed by atoms with Gasteiger partial charge in [0.2, 0.25) is 0 Å². The van der Waals surface area contributed by atoms with E-state index in [0.717, 1.165) is 66.5 Å². The molecule has 0 N–H and O–H groups in total. The normalized spacial score (nSPS) is 14.5. The first-order valence-electron chi connectivity index (χ1n) is 16.6. The number of aromatic nitrogens is 1. The molecule has 0 radical (unpaired) electrons. The Morgan fingerprint density at radius 3 is 2.15 bits per heavy atom. The highest BCUT2D eigenvalue weighted by Crippen LogP contribution is 2.38. The molecule has 47 heavy (non-hydrogen) atoms. The molecule has 6 rings (SSSR count). The second-order valence-corrected chi connectivity index (χ2v) is 12.7. The molecule has 0 aliphatic carbocycles. The predicted octanol–water partition coefficient (Wildman–Crippen LogP) is 9.36. The molecule has 6 heteroatoms. The number of ether oxygens (including phenoxy) is 1. The molecule has 6 nitrogen and oxygen atoms in total. The van der Waals surface area contributed by atoms with Crippen molar-refractivity contribution in [3.63, 3.8) is 0 Å². The number of anilines is 1. The number of rotatable bonds is 11. The lowest BCUT2D eigenvalue weighted by Gasteiger charge is -2.30. The number of morpholine rings is 1. The van der Waals surface area contributed by atoms with E-state index in [4.69, 9.17) is 9.57 Å². The van der Waals surface area contributed by atoms with E-state index in [0.29, 0.717) is 12.2 Å². The first-order chi connectivity index (χ1) is 22.7. The van der Waals surface area contributed by atoms with E-state index in [9.17, 15) is 0 Å². The second-order valence-electron chi connectivity index (χ2n) is 12.7. The molecule has 0 amide bonds. The minimum Gasteiger partial charge on any atom is -0.378 e. The van der Waals surface area contributed by atoms with Gasteiger partial charge in [0, 0.05) is 83.3 Å². The van der Waals surface area contributed by atoms with Crippen LogP contribution in [-0.4, -0.2) is 54.6 Å². The van der Waals surface area contributed by atoms with Crippen LogP contribution in [0.5, 0.6) is 0 Å². The Balaban J connectivity index is 1.44. The molecule has 1 aliphatic heterocycles. The Kier molecular flexibility index (Phi) is 9.24. The molecule has 1 unspecified atom stereocenters. The van der Waals surface area contributed by atoms with Gasteiger partial charge < -0.3 is 23.9 Å². The summed E-state index contributed by atoms with van der Waals surface area (Å²) in [6.45, 7) is 25.1. The van der Waals surface area contributed by atoms with Crippen molar-refractivity contribution < 1.29 is 9.57 Å². The number of allylic oxidation sites excluding steroid dienone is 2. The summed E-state index contributed by atoms with van der Waals surface area (Å²) in [7, 11) is 2.07. The van der Waals surface area contributed by atoms with Gasteiger partial charge in [0.15, 0.2) is 0 Å². The summed E-state index contributed by atoms with van der Waals surface area (Å²) in [6.07, 6.45) is 0.699. The first-order valence-corrected chi connectivity index (χ1v) is 16.6. The van der Waals surface area contributed by atoms with Crippen LogP contribution in [0.25, 0.3) is 38.2 Å². The lowest BCUT2D eigenvalue weighted by molar-refractivity contribution is 0.123. The van der Waals surface area contributed by atoms with Gasteiger partial charge in [-0.2, -0.15) is 0 Å². The third kappa shape index (κ3) is 6.30. The van der Waals surface area contributed by atoms with Crippen molar-refractivity contribution in [2.75, 3.05) is 38.3 Å². The fraction of sp³-hybridized carbons (Fsp3) is 0.293. The van der Waals surface area contributed by atoms with Gasteiger partial charge in [0.25, 0.3) is 0 Å².